The summed E-state index contributed by atoms with van der Waals surface area (Å²) in [5.74, 6) is -1.84. The van der Waals surface area contributed by atoms with Gasteiger partial charge >= 0.3 is 11.9 Å². The second kappa shape index (κ2) is 9.27. The van der Waals surface area contributed by atoms with Gasteiger partial charge in [-0.1, -0.05) is 46.3 Å². The molecule has 3 saturated carbocycles. The highest BCUT2D eigenvalue weighted by atomic mass is 35.5. The first kappa shape index (κ1) is 27.4. The molecule has 0 saturated heterocycles. The van der Waals surface area contributed by atoms with E-state index in [1.54, 1.807) is 26.0 Å². The van der Waals surface area contributed by atoms with E-state index in [4.69, 9.17) is 32.7 Å². The van der Waals surface area contributed by atoms with Crippen molar-refractivity contribution < 1.29 is 28.7 Å². The summed E-state index contributed by atoms with van der Waals surface area (Å²) in [6.07, 6.45) is 7.84. The number of allylic oxidation sites excluding steroid dienone is 4. The first-order valence-electron chi connectivity index (χ1n) is 13.0. The van der Waals surface area contributed by atoms with E-state index in [0.29, 0.717) is 19.3 Å². The van der Waals surface area contributed by atoms with Gasteiger partial charge < -0.3 is 9.47 Å². The van der Waals surface area contributed by atoms with Crippen molar-refractivity contribution in [2.45, 2.75) is 89.0 Å². The van der Waals surface area contributed by atoms with Crippen molar-refractivity contribution in [3.8, 4) is 0 Å². The lowest BCUT2D eigenvalue weighted by Crippen LogP contribution is -2.68. The molecule has 8 atom stereocenters. The van der Waals surface area contributed by atoms with Gasteiger partial charge in [-0.2, -0.15) is 0 Å². The maximum atomic E-state index is 13.9. The van der Waals surface area contributed by atoms with Gasteiger partial charge in [0.05, 0.1) is 10.3 Å². The predicted molar refractivity (Wildman–Crippen MR) is 137 cm³/mol. The number of hydrogen-bond acceptors (Lipinski definition) is 6. The lowest BCUT2D eigenvalue weighted by molar-refractivity contribution is -0.196. The molecule has 3 fully saturated rings. The Morgan fingerprint density at radius 1 is 1.11 bits per heavy atom. The fraction of sp³-hybridized carbons (Fsp3) is 0.714. The van der Waals surface area contributed by atoms with Crippen molar-refractivity contribution in [2.75, 3.05) is 6.61 Å². The third-order valence-electron chi connectivity index (χ3n) is 9.77. The van der Waals surface area contributed by atoms with E-state index < -0.39 is 51.0 Å². The molecule has 6 nitrogen and oxygen atoms in total. The van der Waals surface area contributed by atoms with Crippen LogP contribution in [0, 0.1) is 28.6 Å². The van der Waals surface area contributed by atoms with Gasteiger partial charge in [0.15, 0.2) is 18.0 Å². The van der Waals surface area contributed by atoms with Crippen molar-refractivity contribution in [3.63, 3.8) is 0 Å². The minimum atomic E-state index is -1.47. The van der Waals surface area contributed by atoms with E-state index in [9.17, 15) is 19.2 Å². The Morgan fingerprint density at radius 3 is 2.42 bits per heavy atom. The summed E-state index contributed by atoms with van der Waals surface area (Å²) >= 11 is 14.8. The lowest BCUT2D eigenvalue weighted by Gasteiger charge is -2.64. The average Bonchev–Trinajstić information content (AvgIpc) is 3.05. The third kappa shape index (κ3) is 3.57. The third-order valence-corrected chi connectivity index (χ3v) is 11.3. The fourth-order valence-corrected chi connectivity index (χ4v) is 9.17. The summed E-state index contributed by atoms with van der Waals surface area (Å²) in [4.78, 5) is 49.8. The molecular formula is C28H36Cl2O6. The van der Waals surface area contributed by atoms with E-state index in [-0.39, 0.29) is 36.4 Å². The van der Waals surface area contributed by atoms with E-state index in [2.05, 4.69) is 6.92 Å². The molecule has 0 aromatic rings. The van der Waals surface area contributed by atoms with E-state index in [1.165, 1.54) is 0 Å². The molecule has 0 amide bonds. The number of esters is 2. The molecule has 0 N–H and O–H groups in total. The van der Waals surface area contributed by atoms with Gasteiger partial charge in [0.2, 0.25) is 5.78 Å². The summed E-state index contributed by atoms with van der Waals surface area (Å²) in [7, 11) is 0. The quantitative estimate of drug-likeness (QED) is 0.335. The number of ketones is 2. The number of rotatable bonds is 6. The van der Waals surface area contributed by atoms with Crippen LogP contribution in [0.3, 0.4) is 0 Å². The molecule has 198 valence electrons. The molecule has 4 aliphatic rings. The van der Waals surface area contributed by atoms with Crippen LogP contribution in [0.1, 0.15) is 73.1 Å². The monoisotopic (exact) mass is 538 g/mol. The first-order chi connectivity index (χ1) is 16.8. The van der Waals surface area contributed by atoms with Gasteiger partial charge in [-0.25, -0.2) is 0 Å². The topological polar surface area (TPSA) is 86.7 Å². The Labute approximate surface area is 223 Å². The zero-order chi connectivity index (χ0) is 26.7. The van der Waals surface area contributed by atoms with E-state index in [0.717, 1.165) is 12.0 Å². The zero-order valence-electron chi connectivity index (χ0n) is 21.7. The summed E-state index contributed by atoms with van der Waals surface area (Å²) in [6, 6.07) is 0. The Bertz CT molecular complexity index is 1050. The minimum absolute atomic E-state index is 0.0415. The lowest BCUT2D eigenvalue weighted by atomic mass is 9.46. The van der Waals surface area contributed by atoms with Gasteiger partial charge in [-0.3, -0.25) is 19.2 Å². The largest absolute Gasteiger partial charge is 0.457 e. The highest BCUT2D eigenvalue weighted by Crippen LogP contribution is 2.73. The molecule has 36 heavy (non-hydrogen) atoms. The number of carbonyl (C=O) groups is 4. The molecular weight excluding hydrogens is 503 g/mol. The molecule has 4 aliphatic carbocycles. The minimum Gasteiger partial charge on any atom is -0.457 e. The van der Waals surface area contributed by atoms with Crippen molar-refractivity contribution in [1.82, 2.24) is 0 Å². The summed E-state index contributed by atoms with van der Waals surface area (Å²) in [6.45, 7) is 8.88. The molecule has 8 heteroatoms. The van der Waals surface area contributed by atoms with Crippen LogP contribution >= 0.6 is 23.2 Å². The summed E-state index contributed by atoms with van der Waals surface area (Å²) in [5, 5.41) is -0.562. The Morgan fingerprint density at radius 2 is 1.78 bits per heavy atom. The second-order valence-corrected chi connectivity index (χ2v) is 12.5. The van der Waals surface area contributed by atoms with Gasteiger partial charge in [0.25, 0.3) is 0 Å². The van der Waals surface area contributed by atoms with E-state index in [1.807, 2.05) is 19.9 Å². The van der Waals surface area contributed by atoms with Crippen LogP contribution in [0.5, 0.6) is 0 Å². The molecule has 0 heterocycles. The Hall–Kier alpha value is -1.66. The second-order valence-electron chi connectivity index (χ2n) is 11.4. The maximum absolute atomic E-state index is 13.9. The summed E-state index contributed by atoms with van der Waals surface area (Å²) < 4.78 is 11.4. The van der Waals surface area contributed by atoms with Crippen LogP contribution in [-0.2, 0) is 28.7 Å². The van der Waals surface area contributed by atoms with Crippen LogP contribution < -0.4 is 0 Å². The zero-order valence-corrected chi connectivity index (χ0v) is 23.2. The molecule has 0 bridgehead atoms. The smallest absolute Gasteiger partial charge is 0.306 e. The normalized spacial score (nSPS) is 43.1. The van der Waals surface area contributed by atoms with Crippen molar-refractivity contribution in [3.05, 3.63) is 23.8 Å². The number of hydrogen-bond donors (Lipinski definition) is 0. The molecule has 0 spiro atoms. The van der Waals surface area contributed by atoms with Gasteiger partial charge in [0.1, 0.15) is 0 Å². The molecule has 8 unspecified atom stereocenters. The molecule has 0 aliphatic heterocycles. The number of carbonyl (C=O) groups excluding carboxylic acids is 4. The van der Waals surface area contributed by atoms with Gasteiger partial charge in [-0.15, -0.1) is 23.2 Å². The number of Topliss-reactive ketones (excluding diaryl/α,β-unsaturated/α-hetero) is 1. The standard InChI is InChI=1S/C28H36Cl2O6/c1-6-23(33)35-15-22(32)28(36-24(34)7-2)16(3)12-20-19-9-8-17-13-18(31)10-11-25(17,4)27(19,30)21(29)14-26(20,28)5/h10-11,13,16,19-21H,6-9,12,14-15H2,1-5H3. The SMILES string of the molecule is CCC(=O)OCC(=O)C1(OC(=O)CC)C(C)CC2C3CCC4=CC(=O)C=CC4(C)C3(Cl)C(Cl)CC21C. The van der Waals surface area contributed by atoms with Crippen LogP contribution in [0.4, 0.5) is 0 Å². The van der Waals surface area contributed by atoms with Gasteiger partial charge in [0, 0.05) is 29.6 Å². The number of alkyl halides is 2. The van der Waals surface area contributed by atoms with E-state index >= 15 is 0 Å². The molecule has 0 aromatic heterocycles. The number of fused-ring (bicyclic) bond motifs is 5. The fourth-order valence-electron chi connectivity index (χ4n) is 7.94. The molecule has 0 radical (unpaired) electrons. The first-order valence-corrected chi connectivity index (χ1v) is 13.8. The Balaban J connectivity index is 1.80. The number of halogens is 2. The highest BCUT2D eigenvalue weighted by Gasteiger charge is 2.76. The van der Waals surface area contributed by atoms with Crippen molar-refractivity contribution in [1.29, 1.82) is 0 Å². The highest BCUT2D eigenvalue weighted by molar-refractivity contribution is 6.34. The summed E-state index contributed by atoms with van der Waals surface area (Å²) in [5.41, 5.74) is -1.88. The van der Waals surface area contributed by atoms with Crippen molar-refractivity contribution in [2.24, 2.45) is 28.6 Å². The van der Waals surface area contributed by atoms with Gasteiger partial charge in [-0.05, 0) is 49.7 Å². The van der Waals surface area contributed by atoms with Crippen LogP contribution in [0.15, 0.2) is 23.8 Å². The Kier molecular flexibility index (Phi) is 7.05. The number of ether oxygens (including phenoxy) is 2. The maximum Gasteiger partial charge on any atom is 0.306 e. The predicted octanol–water partition coefficient (Wildman–Crippen LogP) is 5.33. The van der Waals surface area contributed by atoms with Crippen LogP contribution in [0.25, 0.3) is 0 Å². The van der Waals surface area contributed by atoms with Crippen molar-refractivity contribution >= 4 is 46.7 Å². The molecule has 4 rings (SSSR count). The molecule has 0 aromatic carbocycles. The average molecular weight is 539 g/mol. The van der Waals surface area contributed by atoms with Crippen LogP contribution in [0.2, 0.25) is 0 Å². The van der Waals surface area contributed by atoms with Crippen LogP contribution in [-0.4, -0.2) is 46.0 Å².